The van der Waals surface area contributed by atoms with E-state index in [0.29, 0.717) is 80.9 Å². The molecule has 5 heterocycles. The summed E-state index contributed by atoms with van der Waals surface area (Å²) in [5.74, 6) is 0.0365. The van der Waals surface area contributed by atoms with Gasteiger partial charge in [0, 0.05) is 44.1 Å². The molecule has 7 aromatic rings. The van der Waals surface area contributed by atoms with Crippen molar-refractivity contribution < 1.29 is 48.4 Å². The van der Waals surface area contributed by atoms with Gasteiger partial charge in [-0.2, -0.15) is 49.0 Å². The van der Waals surface area contributed by atoms with Crippen molar-refractivity contribution in [1.29, 1.82) is 0 Å². The van der Waals surface area contributed by atoms with Gasteiger partial charge in [0.05, 0.1) is 53.5 Å². The third-order valence-electron chi connectivity index (χ3n) is 9.76. The first-order chi connectivity index (χ1) is 32.7. The van der Waals surface area contributed by atoms with Crippen LogP contribution in [-0.4, -0.2) is 115 Å². The van der Waals surface area contributed by atoms with E-state index in [-0.39, 0.29) is 52.6 Å². The molecule has 5 aromatic heterocycles. The Labute approximate surface area is 415 Å². The largest absolute Gasteiger partial charge is 0.494 e. The van der Waals surface area contributed by atoms with Crippen LogP contribution in [0, 0.1) is 0 Å². The number of nitrogens with one attached hydrogen (secondary N) is 2. The Hall–Kier alpha value is -5.29. The Morgan fingerprint density at radius 3 is 1.41 bits per heavy atom. The number of hydrogen-bond acceptors (Lipinski definition) is 26. The predicted molar refractivity (Wildman–Crippen MR) is 270 cm³/mol. The molecule has 0 spiro atoms. The van der Waals surface area contributed by atoms with Gasteiger partial charge < -0.3 is 29.9 Å². The summed E-state index contributed by atoms with van der Waals surface area (Å²) < 4.78 is 119. The van der Waals surface area contributed by atoms with Gasteiger partial charge in [-0.25, -0.2) is 0 Å². The minimum atomic E-state index is -4.50. The Bertz CT molecular complexity index is 3220. The Balaban J connectivity index is 1.34. The third-order valence-corrected chi connectivity index (χ3v) is 18.0. The molecule has 368 valence electrons. The molecular weight excluding hydrogens is 1060 g/mol. The lowest BCUT2D eigenvalue weighted by Gasteiger charge is -2.25. The summed E-state index contributed by atoms with van der Waals surface area (Å²) in [6.07, 6.45) is 0. The molecular formula is C37H41N13O11S8. The number of thiophene rings is 2. The van der Waals surface area contributed by atoms with Gasteiger partial charge in [0.1, 0.15) is 41.0 Å². The first-order valence-electron chi connectivity index (χ1n) is 20.1. The van der Waals surface area contributed by atoms with Crippen molar-refractivity contribution in [2.75, 3.05) is 72.3 Å². The van der Waals surface area contributed by atoms with Crippen molar-refractivity contribution in [3.05, 3.63) is 36.4 Å². The van der Waals surface area contributed by atoms with Crippen LogP contribution >= 0.6 is 57.5 Å². The summed E-state index contributed by atoms with van der Waals surface area (Å²) in [7, 11) is -10.3. The van der Waals surface area contributed by atoms with E-state index < -0.39 is 36.1 Å². The molecule has 0 atom stereocenters. The number of azo groups is 2. The second-order valence-electron chi connectivity index (χ2n) is 14.0. The lowest BCUT2D eigenvalue weighted by atomic mass is 10.2. The second kappa shape index (κ2) is 21.4. The molecule has 32 heteroatoms. The highest BCUT2D eigenvalue weighted by Crippen LogP contribution is 2.45. The van der Waals surface area contributed by atoms with Crippen molar-refractivity contribution >= 4 is 164 Å². The Morgan fingerprint density at radius 1 is 0.623 bits per heavy atom. The van der Waals surface area contributed by atoms with Crippen LogP contribution in [0.25, 0.3) is 20.4 Å². The Morgan fingerprint density at radius 2 is 1.04 bits per heavy atom. The number of methoxy groups -OCH3 is 2. The van der Waals surface area contributed by atoms with Crippen molar-refractivity contribution in [1.82, 2.24) is 23.7 Å². The standard InChI is InChI=1S/C37H41N13O11S8/c1-7-49(8-2)25-15-21(23(17-27(25)60-5)43-45-31-19-13-29(68(54,55)56)63-33(19)47-65-31)38-35-40-36(42-37(41-35)62-11-12-67(51,52)53)39-22-16-26(50(9-3)10-4)28(61-6)18-24(22)44-46-32-20-14-30(69(57,58)59)64-34(20)48-66-32/h13-18H,7-12H2,1-6H3,(H,51,52,53)(H,54,55,56)(H,57,58,59)(H2,38,39,40,41,42)/b45-43+,46-44+. The number of rotatable bonds is 22. The maximum absolute atomic E-state index is 11.9. The topological polar surface area (TPSA) is 326 Å². The lowest BCUT2D eigenvalue weighted by molar-refractivity contribution is 0.414. The fourth-order valence-corrected chi connectivity index (χ4v) is 13.1. The van der Waals surface area contributed by atoms with E-state index in [9.17, 15) is 38.9 Å². The second-order valence-corrected chi connectivity index (χ2v) is 23.5. The molecule has 0 aliphatic rings. The van der Waals surface area contributed by atoms with Crippen LogP contribution in [0.3, 0.4) is 0 Å². The number of anilines is 6. The van der Waals surface area contributed by atoms with Crippen LogP contribution in [0.4, 0.5) is 56.0 Å². The number of aromatic nitrogens is 5. The highest BCUT2D eigenvalue weighted by molar-refractivity contribution is 8.00. The van der Waals surface area contributed by atoms with Gasteiger partial charge in [-0.1, -0.05) is 11.8 Å². The minimum Gasteiger partial charge on any atom is -0.494 e. The van der Waals surface area contributed by atoms with E-state index in [1.807, 2.05) is 37.5 Å². The maximum atomic E-state index is 11.9. The molecule has 5 N–H and O–H groups in total. The average Bonchev–Trinajstić information content (AvgIpc) is 4.09. The summed E-state index contributed by atoms with van der Waals surface area (Å²) in [5.41, 5.74) is 2.42. The van der Waals surface area contributed by atoms with Crippen LogP contribution in [-0.2, 0) is 30.4 Å². The Kier molecular flexibility index (Phi) is 16.0. The lowest BCUT2D eigenvalue weighted by Crippen LogP contribution is -2.22. The molecule has 0 radical (unpaired) electrons. The number of fused-ring (bicyclic) bond motifs is 2. The van der Waals surface area contributed by atoms with Crippen LogP contribution in [0.15, 0.2) is 70.4 Å². The molecule has 69 heavy (non-hydrogen) atoms. The van der Waals surface area contributed by atoms with Gasteiger partial charge in [0.2, 0.25) is 11.9 Å². The maximum Gasteiger partial charge on any atom is 0.304 e. The zero-order chi connectivity index (χ0) is 49.8. The summed E-state index contributed by atoms with van der Waals surface area (Å²) in [5, 5.41) is 25.5. The fourth-order valence-electron chi connectivity index (χ4n) is 6.47. The minimum absolute atomic E-state index is 0.0401. The first kappa shape index (κ1) is 51.6. The number of ether oxygens (including phenoxy) is 2. The van der Waals surface area contributed by atoms with Crippen LogP contribution < -0.4 is 29.9 Å². The number of hydrogen-bond donors (Lipinski definition) is 5. The van der Waals surface area contributed by atoms with E-state index >= 15 is 0 Å². The van der Waals surface area contributed by atoms with Gasteiger partial charge in [-0.3, -0.25) is 13.7 Å². The number of thioether (sulfide) groups is 1. The molecule has 0 bridgehead atoms. The molecule has 0 unspecified atom stereocenters. The van der Waals surface area contributed by atoms with E-state index in [0.717, 1.165) is 57.5 Å². The van der Waals surface area contributed by atoms with E-state index in [2.05, 4.69) is 49.8 Å². The highest BCUT2D eigenvalue weighted by Gasteiger charge is 2.23. The molecule has 0 amide bonds. The molecule has 0 fully saturated rings. The SMILES string of the molecule is CCN(CC)c1cc(Nc2nc(Nc3cc(N(CC)CC)c(OC)cc3/N=N/c3snc4sc(S(=O)(=O)O)cc34)nc(SCCS(=O)(=O)O)n2)c(/N=N/c2snc3sc(S(=O)(=O)O)cc23)cc1OC. The van der Waals surface area contributed by atoms with Crippen LogP contribution in [0.5, 0.6) is 11.5 Å². The third kappa shape index (κ3) is 12.2. The monoisotopic (exact) mass is 1100 g/mol. The van der Waals surface area contributed by atoms with Crippen LogP contribution in [0.1, 0.15) is 27.7 Å². The molecule has 0 aliphatic heterocycles. The van der Waals surface area contributed by atoms with Gasteiger partial charge >= 0.3 is 20.2 Å². The fraction of sp³-hybridized carbons (Fsp3) is 0.324. The summed E-state index contributed by atoms with van der Waals surface area (Å²) in [6.45, 7) is 10.3. The predicted octanol–water partition coefficient (Wildman–Crippen LogP) is 9.71. The summed E-state index contributed by atoms with van der Waals surface area (Å²) in [4.78, 5) is 18.6. The van der Waals surface area contributed by atoms with Crippen molar-refractivity contribution in [3.63, 3.8) is 0 Å². The van der Waals surface area contributed by atoms with E-state index in [1.54, 1.807) is 24.3 Å². The first-order valence-corrected chi connectivity index (χ1v) is 28.8. The van der Waals surface area contributed by atoms with Gasteiger partial charge in [0.15, 0.2) is 15.2 Å². The molecule has 0 saturated carbocycles. The van der Waals surface area contributed by atoms with E-state index in [4.69, 9.17) is 14.5 Å². The number of nitrogens with zero attached hydrogens (tertiary/aromatic N) is 11. The van der Waals surface area contributed by atoms with Crippen molar-refractivity contribution in [3.8, 4) is 11.5 Å². The normalized spacial score (nSPS) is 12.5. The van der Waals surface area contributed by atoms with E-state index in [1.165, 1.54) is 26.4 Å². The smallest absolute Gasteiger partial charge is 0.304 e. The van der Waals surface area contributed by atoms with Gasteiger partial charge in [-0.05, 0) is 75.0 Å². The molecule has 24 nitrogen and oxygen atoms in total. The molecule has 7 rings (SSSR count). The molecule has 2 aromatic carbocycles. The quantitative estimate of drug-likeness (QED) is 0.0239. The molecule has 0 saturated heterocycles. The van der Waals surface area contributed by atoms with Gasteiger partial charge in [-0.15, -0.1) is 43.1 Å². The molecule has 0 aliphatic carbocycles. The van der Waals surface area contributed by atoms with Crippen molar-refractivity contribution in [2.24, 2.45) is 20.5 Å². The van der Waals surface area contributed by atoms with Crippen LogP contribution in [0.2, 0.25) is 0 Å². The zero-order valence-corrected chi connectivity index (χ0v) is 43.5. The average molecular weight is 1100 g/mol. The van der Waals surface area contributed by atoms with Gasteiger partial charge in [0.25, 0.3) is 10.1 Å². The summed E-state index contributed by atoms with van der Waals surface area (Å²) in [6, 6.07) is 9.32. The highest BCUT2D eigenvalue weighted by atomic mass is 32.3. The van der Waals surface area contributed by atoms with Crippen molar-refractivity contribution in [2.45, 2.75) is 41.3 Å². The number of benzene rings is 2. The summed E-state index contributed by atoms with van der Waals surface area (Å²) >= 11 is 4.44. The zero-order valence-electron chi connectivity index (χ0n) is 37.0.